The summed E-state index contributed by atoms with van der Waals surface area (Å²) in [6.45, 7) is 7.44. The average Bonchev–Trinajstić information content (AvgIpc) is 3.20. The number of hydrogen-bond acceptors (Lipinski definition) is 3. The summed E-state index contributed by atoms with van der Waals surface area (Å²) in [5.74, 6) is -0.828. The largest absolute Gasteiger partial charge is 0.369 e. The average molecular weight is 377 g/mol. The van der Waals surface area contributed by atoms with Gasteiger partial charge in [-0.15, -0.1) is 0 Å². The van der Waals surface area contributed by atoms with Crippen molar-refractivity contribution in [3.8, 4) is 6.07 Å². The van der Waals surface area contributed by atoms with E-state index in [1.54, 1.807) is 12.1 Å². The Balaban J connectivity index is 1.87. The smallest absolute Gasteiger partial charge is 0.266 e. The van der Waals surface area contributed by atoms with Crippen LogP contribution in [0.4, 0.5) is 15.8 Å². The predicted molar refractivity (Wildman–Crippen MR) is 111 cm³/mol. The van der Waals surface area contributed by atoms with Gasteiger partial charge in [0.15, 0.2) is 0 Å². The number of nitrogens with one attached hydrogen (secondary N) is 1. The van der Waals surface area contributed by atoms with E-state index >= 15 is 0 Å². The van der Waals surface area contributed by atoms with Gasteiger partial charge in [-0.1, -0.05) is 12.1 Å². The van der Waals surface area contributed by atoms with Crippen molar-refractivity contribution >= 4 is 23.4 Å². The van der Waals surface area contributed by atoms with E-state index in [9.17, 15) is 14.4 Å². The Morgan fingerprint density at radius 3 is 2.57 bits per heavy atom. The summed E-state index contributed by atoms with van der Waals surface area (Å²) in [6.07, 6.45) is 3.58. The van der Waals surface area contributed by atoms with E-state index in [1.807, 2.05) is 43.9 Å². The fraction of sp³-hybridized carbons (Fsp3) is 0.304. The van der Waals surface area contributed by atoms with Crippen LogP contribution in [0.3, 0.4) is 0 Å². The van der Waals surface area contributed by atoms with Gasteiger partial charge < -0.3 is 10.2 Å². The molecule has 0 aromatic heterocycles. The van der Waals surface area contributed by atoms with Gasteiger partial charge in [0.2, 0.25) is 0 Å². The molecule has 3 rings (SSSR count). The summed E-state index contributed by atoms with van der Waals surface area (Å²) in [4.78, 5) is 14.6. The third kappa shape index (κ3) is 4.07. The Kier molecular flexibility index (Phi) is 5.79. The van der Waals surface area contributed by atoms with Crippen molar-refractivity contribution in [2.75, 3.05) is 23.3 Å². The number of carbonyl (C=O) groups excluding carboxylic acids is 1. The SMILES string of the molecule is Cc1cc(N2CCCC2)c(F)cc1C=C(C#N)C(=O)Nc1cccc(C)c1C. The number of nitriles is 1. The zero-order chi connectivity index (χ0) is 20.3. The van der Waals surface area contributed by atoms with Crippen LogP contribution in [0, 0.1) is 37.9 Å². The fourth-order valence-electron chi connectivity index (χ4n) is 3.42. The number of carbonyl (C=O) groups is 1. The maximum absolute atomic E-state index is 14.6. The zero-order valence-electron chi connectivity index (χ0n) is 16.5. The lowest BCUT2D eigenvalue weighted by atomic mass is 10.0. The summed E-state index contributed by atoms with van der Waals surface area (Å²) in [5.41, 5.74) is 4.56. The summed E-state index contributed by atoms with van der Waals surface area (Å²) < 4.78 is 14.6. The number of benzene rings is 2. The number of amides is 1. The van der Waals surface area contributed by atoms with Gasteiger partial charge in [-0.2, -0.15) is 5.26 Å². The summed E-state index contributed by atoms with van der Waals surface area (Å²) >= 11 is 0. The van der Waals surface area contributed by atoms with Gasteiger partial charge in [-0.25, -0.2) is 4.39 Å². The Hall–Kier alpha value is -3.13. The third-order valence-electron chi connectivity index (χ3n) is 5.30. The van der Waals surface area contributed by atoms with E-state index in [4.69, 9.17) is 0 Å². The molecule has 1 amide bonds. The number of aryl methyl sites for hydroxylation is 2. The van der Waals surface area contributed by atoms with Gasteiger partial charge in [-0.05, 0) is 80.1 Å². The van der Waals surface area contributed by atoms with E-state index < -0.39 is 5.91 Å². The minimum atomic E-state index is -0.500. The van der Waals surface area contributed by atoms with Gasteiger partial charge >= 0.3 is 0 Å². The maximum Gasteiger partial charge on any atom is 0.266 e. The van der Waals surface area contributed by atoms with Crippen LogP contribution in [0.25, 0.3) is 6.08 Å². The lowest BCUT2D eigenvalue weighted by Gasteiger charge is -2.19. The first-order valence-electron chi connectivity index (χ1n) is 9.45. The minimum absolute atomic E-state index is 0.0580. The molecule has 0 unspecified atom stereocenters. The van der Waals surface area contributed by atoms with Gasteiger partial charge in [-0.3, -0.25) is 4.79 Å². The molecule has 1 N–H and O–H groups in total. The van der Waals surface area contributed by atoms with E-state index in [2.05, 4.69) is 5.32 Å². The summed E-state index contributed by atoms with van der Waals surface area (Å²) in [6, 6.07) is 10.7. The van der Waals surface area contributed by atoms with Gasteiger partial charge in [0.05, 0.1) is 5.69 Å². The molecule has 0 radical (unpaired) electrons. The third-order valence-corrected chi connectivity index (χ3v) is 5.30. The zero-order valence-corrected chi connectivity index (χ0v) is 16.5. The highest BCUT2D eigenvalue weighted by Gasteiger charge is 2.18. The lowest BCUT2D eigenvalue weighted by Crippen LogP contribution is -2.19. The van der Waals surface area contributed by atoms with Crippen LogP contribution in [0.1, 0.15) is 35.1 Å². The Labute approximate surface area is 165 Å². The van der Waals surface area contributed by atoms with Crippen LogP contribution < -0.4 is 10.2 Å². The van der Waals surface area contributed by atoms with Crippen LogP contribution in [0.15, 0.2) is 35.9 Å². The molecule has 1 fully saturated rings. The first kappa shape index (κ1) is 19.6. The molecule has 1 saturated heterocycles. The Morgan fingerprint density at radius 2 is 1.89 bits per heavy atom. The second-order valence-corrected chi connectivity index (χ2v) is 7.23. The highest BCUT2D eigenvalue weighted by molar-refractivity contribution is 6.10. The van der Waals surface area contributed by atoms with Crippen molar-refractivity contribution in [1.29, 1.82) is 5.26 Å². The van der Waals surface area contributed by atoms with E-state index in [0.717, 1.165) is 42.6 Å². The maximum atomic E-state index is 14.6. The molecule has 4 nitrogen and oxygen atoms in total. The normalized spacial score (nSPS) is 14.1. The number of anilines is 2. The Bertz CT molecular complexity index is 982. The van der Waals surface area contributed by atoms with Crippen LogP contribution >= 0.6 is 0 Å². The van der Waals surface area contributed by atoms with E-state index in [0.29, 0.717) is 16.9 Å². The van der Waals surface area contributed by atoms with Crippen molar-refractivity contribution in [2.24, 2.45) is 0 Å². The number of rotatable bonds is 4. The molecule has 0 spiro atoms. The molecule has 5 heteroatoms. The number of halogens is 1. The topological polar surface area (TPSA) is 56.1 Å². The molecular weight excluding hydrogens is 353 g/mol. The van der Waals surface area contributed by atoms with Crippen LogP contribution in [-0.4, -0.2) is 19.0 Å². The van der Waals surface area contributed by atoms with Crippen molar-refractivity contribution in [3.63, 3.8) is 0 Å². The molecule has 144 valence electrons. The molecule has 0 saturated carbocycles. The fourth-order valence-corrected chi connectivity index (χ4v) is 3.42. The molecule has 0 aliphatic carbocycles. The molecule has 2 aromatic rings. The standard InChI is InChI=1S/C23H24FN3O/c1-15-7-6-8-21(17(15)3)26-23(28)19(14-25)12-18-13-20(24)22(11-16(18)2)27-9-4-5-10-27/h6-8,11-13H,4-5,9-10H2,1-3H3,(H,26,28). The molecule has 1 aliphatic heterocycles. The monoisotopic (exact) mass is 377 g/mol. The van der Waals surface area contributed by atoms with Gasteiger partial charge in [0, 0.05) is 18.8 Å². The molecule has 0 atom stereocenters. The van der Waals surface area contributed by atoms with E-state index in [-0.39, 0.29) is 11.4 Å². The van der Waals surface area contributed by atoms with Crippen molar-refractivity contribution in [3.05, 3.63) is 64.0 Å². The minimum Gasteiger partial charge on any atom is -0.369 e. The van der Waals surface area contributed by atoms with Gasteiger partial charge in [0.1, 0.15) is 17.5 Å². The van der Waals surface area contributed by atoms with Crippen molar-refractivity contribution < 1.29 is 9.18 Å². The Morgan fingerprint density at radius 1 is 1.18 bits per heavy atom. The first-order chi connectivity index (χ1) is 13.4. The molecule has 1 aliphatic rings. The lowest BCUT2D eigenvalue weighted by molar-refractivity contribution is -0.112. The highest BCUT2D eigenvalue weighted by Crippen LogP contribution is 2.28. The van der Waals surface area contributed by atoms with Crippen LogP contribution in [0.5, 0.6) is 0 Å². The van der Waals surface area contributed by atoms with Crippen molar-refractivity contribution in [2.45, 2.75) is 33.6 Å². The second-order valence-electron chi connectivity index (χ2n) is 7.23. The molecule has 28 heavy (non-hydrogen) atoms. The quantitative estimate of drug-likeness (QED) is 0.609. The molecular formula is C23H24FN3O. The van der Waals surface area contributed by atoms with Crippen molar-refractivity contribution in [1.82, 2.24) is 0 Å². The molecule has 2 aromatic carbocycles. The highest BCUT2D eigenvalue weighted by atomic mass is 19.1. The molecule has 0 bridgehead atoms. The van der Waals surface area contributed by atoms with Crippen LogP contribution in [0.2, 0.25) is 0 Å². The molecule has 1 heterocycles. The summed E-state index contributed by atoms with van der Waals surface area (Å²) in [7, 11) is 0. The number of hydrogen-bond donors (Lipinski definition) is 1. The second kappa shape index (κ2) is 8.26. The number of nitrogens with zero attached hydrogens (tertiary/aromatic N) is 2. The summed E-state index contributed by atoms with van der Waals surface area (Å²) in [5, 5.41) is 12.2. The van der Waals surface area contributed by atoms with Crippen LogP contribution in [-0.2, 0) is 4.79 Å². The predicted octanol–water partition coefficient (Wildman–Crippen LogP) is 4.90. The van der Waals surface area contributed by atoms with Gasteiger partial charge in [0.25, 0.3) is 5.91 Å². The first-order valence-corrected chi connectivity index (χ1v) is 9.45. The van der Waals surface area contributed by atoms with E-state index in [1.165, 1.54) is 12.1 Å².